The first-order chi connectivity index (χ1) is 6.29. The lowest BCUT2D eigenvalue weighted by Crippen LogP contribution is -2.53. The number of piperidine rings is 1. The highest BCUT2D eigenvalue weighted by molar-refractivity contribution is 5.69. The van der Waals surface area contributed by atoms with Gasteiger partial charge in [-0.3, -0.25) is 4.90 Å². The highest BCUT2D eigenvalue weighted by Gasteiger charge is 2.35. The summed E-state index contributed by atoms with van der Waals surface area (Å²) in [5.41, 5.74) is 0. The van der Waals surface area contributed by atoms with Crippen molar-refractivity contribution in [3.8, 4) is 0 Å². The highest BCUT2D eigenvalue weighted by Crippen LogP contribution is 2.16. The molecule has 0 aromatic carbocycles. The number of nitrogens with one attached hydrogen (secondary N) is 1. The van der Waals surface area contributed by atoms with Crippen LogP contribution in [0.3, 0.4) is 0 Å². The van der Waals surface area contributed by atoms with Crippen molar-refractivity contribution in [3.05, 3.63) is 0 Å². The van der Waals surface area contributed by atoms with Crippen LogP contribution < -0.4 is 5.32 Å². The third-order valence-corrected chi connectivity index (χ3v) is 2.61. The second-order valence-electron chi connectivity index (χ2n) is 3.44. The number of amides is 1. The van der Waals surface area contributed by atoms with E-state index < -0.39 is 6.10 Å². The molecule has 2 aliphatic rings. The maximum atomic E-state index is 11.2. The molecule has 1 amide bonds. The molecule has 74 valence electrons. The molecule has 2 heterocycles. The number of nitrogens with zero attached hydrogens (tertiary/aromatic N) is 1. The molecule has 0 aliphatic carbocycles. The van der Waals surface area contributed by atoms with Gasteiger partial charge in [0.2, 0.25) is 0 Å². The zero-order valence-electron chi connectivity index (χ0n) is 7.40. The number of β-amino-alcohol motifs (C(OH)–C–C–N with tert-alkyl or cyclic N) is 1. The number of carbonyl (C=O) groups is 1. The number of aliphatic hydroxyl groups excluding tert-OH is 1. The number of ether oxygens (including phenoxy) is 1. The molecule has 0 bridgehead atoms. The van der Waals surface area contributed by atoms with E-state index in [1.165, 1.54) is 0 Å². The molecule has 5 nitrogen and oxygen atoms in total. The van der Waals surface area contributed by atoms with E-state index >= 15 is 0 Å². The molecule has 0 aromatic heterocycles. The molecule has 2 saturated heterocycles. The van der Waals surface area contributed by atoms with Gasteiger partial charge in [-0.1, -0.05) is 0 Å². The molecule has 2 atom stereocenters. The van der Waals surface area contributed by atoms with Crippen LogP contribution in [0.25, 0.3) is 0 Å². The van der Waals surface area contributed by atoms with Gasteiger partial charge in [0.05, 0.1) is 18.7 Å². The van der Waals surface area contributed by atoms with Gasteiger partial charge in [-0.2, -0.15) is 0 Å². The summed E-state index contributed by atoms with van der Waals surface area (Å²) < 4.78 is 4.82. The fourth-order valence-corrected chi connectivity index (χ4v) is 1.90. The van der Waals surface area contributed by atoms with Crippen LogP contribution in [0.15, 0.2) is 0 Å². The Kier molecular flexibility index (Phi) is 2.37. The van der Waals surface area contributed by atoms with Crippen LogP contribution in [-0.4, -0.2) is 54.5 Å². The van der Waals surface area contributed by atoms with E-state index in [2.05, 4.69) is 5.32 Å². The average Bonchev–Trinajstić information content (AvgIpc) is 2.52. The average molecular weight is 186 g/mol. The van der Waals surface area contributed by atoms with Gasteiger partial charge < -0.3 is 15.2 Å². The Labute approximate surface area is 76.7 Å². The standard InChI is InChI=1S/C8H14N2O3/c11-7-5-9-2-1-6(7)10-3-4-13-8(10)12/h6-7,9,11H,1-5H2. The molecule has 13 heavy (non-hydrogen) atoms. The van der Waals surface area contributed by atoms with Crippen LogP contribution in [0.4, 0.5) is 4.79 Å². The molecule has 0 saturated carbocycles. The molecule has 2 N–H and O–H groups in total. The summed E-state index contributed by atoms with van der Waals surface area (Å²) in [6, 6.07) is -0.0590. The molecule has 5 heteroatoms. The maximum absolute atomic E-state index is 11.2. The van der Waals surface area contributed by atoms with Crippen LogP contribution in [0.1, 0.15) is 6.42 Å². The minimum Gasteiger partial charge on any atom is -0.448 e. The molecule has 2 aliphatic heterocycles. The predicted octanol–water partition coefficient (Wildman–Crippen LogP) is -0.839. The first-order valence-electron chi connectivity index (χ1n) is 4.61. The quantitative estimate of drug-likeness (QED) is 0.560. The Morgan fingerprint density at radius 2 is 2.46 bits per heavy atom. The summed E-state index contributed by atoms with van der Waals surface area (Å²) >= 11 is 0. The number of carbonyl (C=O) groups excluding carboxylic acids is 1. The molecule has 0 aromatic rings. The lowest BCUT2D eigenvalue weighted by atomic mass is 10.0. The van der Waals surface area contributed by atoms with Crippen molar-refractivity contribution < 1.29 is 14.6 Å². The predicted molar refractivity (Wildman–Crippen MR) is 45.3 cm³/mol. The second kappa shape index (κ2) is 3.51. The third-order valence-electron chi connectivity index (χ3n) is 2.61. The van der Waals surface area contributed by atoms with E-state index in [0.717, 1.165) is 13.0 Å². The van der Waals surface area contributed by atoms with E-state index in [9.17, 15) is 9.90 Å². The number of hydrogen-bond acceptors (Lipinski definition) is 4. The van der Waals surface area contributed by atoms with E-state index in [1.807, 2.05) is 0 Å². The van der Waals surface area contributed by atoms with Crippen molar-refractivity contribution >= 4 is 6.09 Å². The molecule has 2 unspecified atom stereocenters. The molecular weight excluding hydrogens is 172 g/mol. The third kappa shape index (κ3) is 1.62. The monoisotopic (exact) mass is 186 g/mol. The van der Waals surface area contributed by atoms with Crippen LogP contribution in [0.2, 0.25) is 0 Å². The number of rotatable bonds is 1. The minimum atomic E-state index is -0.459. The van der Waals surface area contributed by atoms with Gasteiger partial charge in [-0.25, -0.2) is 4.79 Å². The van der Waals surface area contributed by atoms with Crippen molar-refractivity contribution in [1.82, 2.24) is 10.2 Å². The normalized spacial score (nSPS) is 34.8. The number of cyclic esters (lactones) is 1. The van der Waals surface area contributed by atoms with Gasteiger partial charge in [0, 0.05) is 6.54 Å². The Bertz CT molecular complexity index is 210. The first kappa shape index (κ1) is 8.77. The summed E-state index contributed by atoms with van der Waals surface area (Å²) in [5.74, 6) is 0. The Morgan fingerprint density at radius 1 is 1.62 bits per heavy atom. The van der Waals surface area contributed by atoms with E-state index in [4.69, 9.17) is 4.74 Å². The summed E-state index contributed by atoms with van der Waals surface area (Å²) in [7, 11) is 0. The first-order valence-corrected chi connectivity index (χ1v) is 4.61. The topological polar surface area (TPSA) is 61.8 Å². The summed E-state index contributed by atoms with van der Waals surface area (Å²) in [6.07, 6.45) is 0.0568. The highest BCUT2D eigenvalue weighted by atomic mass is 16.6. The van der Waals surface area contributed by atoms with E-state index in [-0.39, 0.29) is 12.1 Å². The number of aliphatic hydroxyl groups is 1. The molecular formula is C8H14N2O3. The van der Waals surface area contributed by atoms with E-state index in [1.54, 1.807) is 4.90 Å². The molecule has 0 spiro atoms. The summed E-state index contributed by atoms with van der Waals surface area (Å²) in [6.45, 7) is 2.48. The summed E-state index contributed by atoms with van der Waals surface area (Å²) in [4.78, 5) is 12.8. The molecule has 2 fully saturated rings. The van der Waals surface area contributed by atoms with Gasteiger partial charge in [-0.15, -0.1) is 0 Å². The Hall–Kier alpha value is -0.810. The van der Waals surface area contributed by atoms with Crippen molar-refractivity contribution in [2.24, 2.45) is 0 Å². The smallest absolute Gasteiger partial charge is 0.410 e. The van der Waals surface area contributed by atoms with Crippen LogP contribution >= 0.6 is 0 Å². The van der Waals surface area contributed by atoms with Crippen molar-refractivity contribution in [3.63, 3.8) is 0 Å². The Morgan fingerprint density at radius 3 is 3.08 bits per heavy atom. The fourth-order valence-electron chi connectivity index (χ4n) is 1.90. The zero-order chi connectivity index (χ0) is 9.26. The Balaban J connectivity index is 2.01. The zero-order valence-corrected chi connectivity index (χ0v) is 7.40. The van der Waals surface area contributed by atoms with Crippen LogP contribution in [0.5, 0.6) is 0 Å². The minimum absolute atomic E-state index is 0.0590. The molecule has 0 radical (unpaired) electrons. The van der Waals surface area contributed by atoms with Crippen molar-refractivity contribution in [2.45, 2.75) is 18.6 Å². The second-order valence-corrected chi connectivity index (χ2v) is 3.44. The van der Waals surface area contributed by atoms with Gasteiger partial charge in [0.1, 0.15) is 6.61 Å². The van der Waals surface area contributed by atoms with Crippen molar-refractivity contribution in [1.29, 1.82) is 0 Å². The SMILES string of the molecule is O=C1OCCN1C1CCNCC1O. The lowest BCUT2D eigenvalue weighted by Gasteiger charge is -2.33. The molecule has 2 rings (SSSR count). The van der Waals surface area contributed by atoms with Gasteiger partial charge in [0.25, 0.3) is 0 Å². The van der Waals surface area contributed by atoms with Crippen molar-refractivity contribution in [2.75, 3.05) is 26.2 Å². The fraction of sp³-hybridized carbons (Fsp3) is 0.875. The largest absolute Gasteiger partial charge is 0.448 e. The van der Waals surface area contributed by atoms with E-state index in [0.29, 0.717) is 19.7 Å². The van der Waals surface area contributed by atoms with Gasteiger partial charge >= 0.3 is 6.09 Å². The van der Waals surface area contributed by atoms with Crippen LogP contribution in [0, 0.1) is 0 Å². The van der Waals surface area contributed by atoms with Gasteiger partial charge in [-0.05, 0) is 13.0 Å². The lowest BCUT2D eigenvalue weighted by molar-refractivity contribution is 0.0499. The van der Waals surface area contributed by atoms with Gasteiger partial charge in [0.15, 0.2) is 0 Å². The maximum Gasteiger partial charge on any atom is 0.410 e. The number of hydrogen-bond donors (Lipinski definition) is 2. The summed E-state index contributed by atoms with van der Waals surface area (Å²) in [5, 5.41) is 12.7. The van der Waals surface area contributed by atoms with Crippen LogP contribution in [-0.2, 0) is 4.74 Å².